The molecule has 0 saturated carbocycles. The van der Waals surface area contributed by atoms with Gasteiger partial charge < -0.3 is 20.7 Å². The number of guanidine groups is 1. The molecule has 2 aromatic rings. The Bertz CT molecular complexity index is 744. The Balaban J connectivity index is 1.79. The first-order valence-electron chi connectivity index (χ1n) is 9.11. The Labute approximate surface area is 165 Å². The molecule has 0 spiro atoms. The fraction of sp³-hybridized carbons (Fsp3) is 0.400. The summed E-state index contributed by atoms with van der Waals surface area (Å²) in [4.78, 5) is 17.2. The first-order valence-corrected chi connectivity index (χ1v) is 9.99. The zero-order valence-corrected chi connectivity index (χ0v) is 17.0. The minimum atomic E-state index is -0.0166. The lowest BCUT2D eigenvalue weighted by Crippen LogP contribution is -2.38. The van der Waals surface area contributed by atoms with E-state index in [-0.39, 0.29) is 5.91 Å². The van der Waals surface area contributed by atoms with E-state index >= 15 is 0 Å². The molecule has 1 aromatic heterocycles. The summed E-state index contributed by atoms with van der Waals surface area (Å²) in [6, 6.07) is 9.82. The molecular formula is C20H28N4O2S. The number of benzene rings is 1. The topological polar surface area (TPSA) is 74.8 Å². The third kappa shape index (κ3) is 6.94. The molecule has 27 heavy (non-hydrogen) atoms. The number of nitrogens with zero attached hydrogens (tertiary/aromatic N) is 1. The van der Waals surface area contributed by atoms with Crippen LogP contribution in [0.25, 0.3) is 0 Å². The molecular weight excluding hydrogens is 360 g/mol. The summed E-state index contributed by atoms with van der Waals surface area (Å²) >= 11 is 1.45. The monoisotopic (exact) mass is 388 g/mol. The summed E-state index contributed by atoms with van der Waals surface area (Å²) in [5, 5.41) is 11.4. The summed E-state index contributed by atoms with van der Waals surface area (Å²) in [5.74, 6) is 1.59. The van der Waals surface area contributed by atoms with Gasteiger partial charge in [0.25, 0.3) is 5.91 Å². The van der Waals surface area contributed by atoms with Crippen molar-refractivity contribution < 1.29 is 9.53 Å². The highest BCUT2D eigenvalue weighted by Crippen LogP contribution is 2.20. The number of hydrogen-bond donors (Lipinski definition) is 3. The maximum atomic E-state index is 11.9. The number of aliphatic imine (C=N–C) groups is 1. The molecule has 0 bridgehead atoms. The van der Waals surface area contributed by atoms with E-state index in [1.54, 1.807) is 7.11 Å². The summed E-state index contributed by atoms with van der Waals surface area (Å²) in [6.45, 7) is 6.74. The molecule has 1 aromatic carbocycles. The molecule has 6 nitrogen and oxygen atoms in total. The Kier molecular flexibility index (Phi) is 8.64. The number of amides is 1. The lowest BCUT2D eigenvalue weighted by Gasteiger charge is -2.12. The predicted octanol–water partition coefficient (Wildman–Crippen LogP) is 2.94. The number of nitrogens with one attached hydrogen (secondary N) is 3. The highest BCUT2D eigenvalue weighted by Gasteiger charge is 2.06. The minimum absolute atomic E-state index is 0.0166. The van der Waals surface area contributed by atoms with E-state index in [0.717, 1.165) is 47.2 Å². The number of thiophene rings is 1. The van der Waals surface area contributed by atoms with Crippen molar-refractivity contribution >= 4 is 23.2 Å². The Morgan fingerprint density at radius 2 is 2.00 bits per heavy atom. The van der Waals surface area contributed by atoms with Gasteiger partial charge in [-0.1, -0.05) is 18.2 Å². The number of rotatable bonds is 9. The summed E-state index contributed by atoms with van der Waals surface area (Å²) in [7, 11) is 1.68. The molecule has 0 saturated heterocycles. The van der Waals surface area contributed by atoms with Crippen molar-refractivity contribution in [2.24, 2.45) is 4.99 Å². The Morgan fingerprint density at radius 3 is 2.70 bits per heavy atom. The zero-order chi connectivity index (χ0) is 19.5. The highest BCUT2D eigenvalue weighted by atomic mass is 32.1. The van der Waals surface area contributed by atoms with Crippen molar-refractivity contribution in [3.63, 3.8) is 0 Å². The summed E-state index contributed by atoms with van der Waals surface area (Å²) in [6.07, 6.45) is 0.815. The number of carbonyl (C=O) groups excluding carboxylic acids is 1. The largest absolute Gasteiger partial charge is 0.496 e. The van der Waals surface area contributed by atoms with Gasteiger partial charge in [0, 0.05) is 25.2 Å². The molecule has 1 heterocycles. The van der Waals surface area contributed by atoms with Gasteiger partial charge >= 0.3 is 0 Å². The van der Waals surface area contributed by atoms with Gasteiger partial charge in [-0.3, -0.25) is 4.79 Å². The maximum absolute atomic E-state index is 11.9. The van der Waals surface area contributed by atoms with Gasteiger partial charge in [0.1, 0.15) is 5.75 Å². The smallest absolute Gasteiger partial charge is 0.261 e. The number of ether oxygens (including phenoxy) is 1. The first kappa shape index (κ1) is 20.8. The van der Waals surface area contributed by atoms with Crippen molar-refractivity contribution in [2.45, 2.75) is 26.8 Å². The van der Waals surface area contributed by atoms with Crippen LogP contribution in [0.4, 0.5) is 0 Å². The zero-order valence-electron chi connectivity index (χ0n) is 16.2. The molecule has 0 aliphatic carbocycles. The van der Waals surface area contributed by atoms with Gasteiger partial charge in [-0.05, 0) is 43.3 Å². The highest BCUT2D eigenvalue weighted by molar-refractivity contribution is 7.12. The second kappa shape index (κ2) is 11.2. The second-order valence-corrected chi connectivity index (χ2v) is 6.97. The van der Waals surface area contributed by atoms with E-state index in [9.17, 15) is 4.79 Å². The molecule has 2 rings (SSSR count). The van der Waals surface area contributed by atoms with Crippen LogP contribution in [0.1, 0.15) is 34.1 Å². The maximum Gasteiger partial charge on any atom is 0.261 e. The first-order chi connectivity index (χ1) is 13.1. The van der Waals surface area contributed by atoms with Crippen LogP contribution in [0.3, 0.4) is 0 Å². The van der Waals surface area contributed by atoms with E-state index < -0.39 is 0 Å². The van der Waals surface area contributed by atoms with Gasteiger partial charge in [0.2, 0.25) is 0 Å². The number of methoxy groups -OCH3 is 1. The van der Waals surface area contributed by atoms with Crippen LogP contribution in [-0.4, -0.2) is 38.6 Å². The molecule has 146 valence electrons. The van der Waals surface area contributed by atoms with Crippen LogP contribution in [0.15, 0.2) is 40.7 Å². The molecule has 0 aliphatic heterocycles. The van der Waals surface area contributed by atoms with E-state index in [1.165, 1.54) is 11.3 Å². The average molecular weight is 389 g/mol. The summed E-state index contributed by atoms with van der Waals surface area (Å²) < 4.78 is 5.44. The van der Waals surface area contributed by atoms with Crippen LogP contribution >= 0.6 is 11.3 Å². The normalized spacial score (nSPS) is 11.1. The molecule has 0 radical (unpaired) electrons. The number of carbonyl (C=O) groups is 1. The van der Waals surface area contributed by atoms with Crippen molar-refractivity contribution in [1.29, 1.82) is 0 Å². The fourth-order valence-corrected chi connectivity index (χ4v) is 3.12. The van der Waals surface area contributed by atoms with Crippen molar-refractivity contribution in [3.8, 4) is 5.75 Å². The van der Waals surface area contributed by atoms with E-state index in [2.05, 4.69) is 27.0 Å². The van der Waals surface area contributed by atoms with E-state index in [4.69, 9.17) is 4.74 Å². The molecule has 0 fully saturated rings. The molecule has 7 heteroatoms. The van der Waals surface area contributed by atoms with Crippen molar-refractivity contribution in [1.82, 2.24) is 16.0 Å². The minimum Gasteiger partial charge on any atom is -0.496 e. The fourth-order valence-electron chi connectivity index (χ4n) is 2.48. The molecule has 0 aliphatic rings. The molecule has 0 unspecified atom stereocenters. The van der Waals surface area contributed by atoms with Crippen molar-refractivity contribution in [3.05, 3.63) is 51.7 Å². The van der Waals surface area contributed by atoms with Gasteiger partial charge in [-0.25, -0.2) is 4.99 Å². The van der Waals surface area contributed by atoms with Crippen LogP contribution in [0.2, 0.25) is 0 Å². The van der Waals surface area contributed by atoms with Gasteiger partial charge in [0.15, 0.2) is 5.96 Å². The van der Waals surface area contributed by atoms with Gasteiger partial charge in [-0.2, -0.15) is 0 Å². The van der Waals surface area contributed by atoms with Gasteiger partial charge in [-0.15, -0.1) is 11.3 Å². The average Bonchev–Trinajstić information content (AvgIpc) is 3.21. The number of aryl methyl sites for hydroxylation is 1. The Morgan fingerprint density at radius 1 is 1.19 bits per heavy atom. The molecule has 1 amide bonds. The van der Waals surface area contributed by atoms with E-state index in [0.29, 0.717) is 13.1 Å². The standard InChI is InChI=1S/C20H28N4O2S/c1-4-21-20(24-14-16-9-8-15(2)13-17(16)26-3)23-11-6-10-22-19(25)18-7-5-12-27-18/h5,7-9,12-13H,4,6,10-11,14H2,1-3H3,(H,22,25)(H2,21,23,24). The SMILES string of the molecule is CCNC(=NCc1ccc(C)cc1OC)NCCCNC(=O)c1cccs1. The molecule has 3 N–H and O–H groups in total. The Hall–Kier alpha value is -2.54. The van der Waals surface area contributed by atoms with Crippen LogP contribution in [-0.2, 0) is 6.54 Å². The second-order valence-electron chi connectivity index (χ2n) is 6.02. The van der Waals surface area contributed by atoms with Crippen LogP contribution in [0.5, 0.6) is 5.75 Å². The lowest BCUT2D eigenvalue weighted by atomic mass is 10.1. The van der Waals surface area contributed by atoms with Crippen LogP contribution < -0.4 is 20.7 Å². The van der Waals surface area contributed by atoms with E-state index in [1.807, 2.05) is 43.5 Å². The quantitative estimate of drug-likeness (QED) is 0.351. The van der Waals surface area contributed by atoms with Crippen LogP contribution in [0, 0.1) is 6.92 Å². The summed E-state index contributed by atoms with van der Waals surface area (Å²) in [5.41, 5.74) is 2.21. The van der Waals surface area contributed by atoms with Gasteiger partial charge in [0.05, 0.1) is 18.5 Å². The predicted molar refractivity (Wildman–Crippen MR) is 112 cm³/mol. The number of hydrogen-bond acceptors (Lipinski definition) is 4. The third-order valence-corrected chi connectivity index (χ3v) is 4.74. The molecule has 0 atom stereocenters. The third-order valence-electron chi connectivity index (χ3n) is 3.87. The van der Waals surface area contributed by atoms with Crippen molar-refractivity contribution in [2.75, 3.05) is 26.7 Å². The lowest BCUT2D eigenvalue weighted by molar-refractivity contribution is 0.0957.